The number of halogens is 1. The molecule has 3 saturated carbocycles. The number of benzene rings is 1. The van der Waals surface area contributed by atoms with Crippen molar-refractivity contribution in [2.24, 2.45) is 22.7 Å². The van der Waals surface area contributed by atoms with Gasteiger partial charge >= 0.3 is 18.1 Å². The maximum absolute atomic E-state index is 17.7. The number of rotatable bonds is 17. The molecule has 0 radical (unpaired) electrons. The number of hydrogen-bond donors (Lipinski definition) is 4. The number of alkyl halides is 1. The number of ketones is 2. The van der Waals surface area contributed by atoms with Gasteiger partial charge in [-0.05, 0) is 82.1 Å². The SMILES string of the molecule is C[C@]12C=CC(=O)C=C1CCC1C3C[C@@H](O)[C@](OC(=O)CCCO[N+](=O)[O-])(C(=O)COC(=O)Oc4cc(C(=O)OCCCCO[N+](=O)[O-])cc(O)c4O)[C@@]3(C)C[C@H](O)[C@@]12F. The van der Waals surface area contributed by atoms with Crippen LogP contribution in [0, 0.1) is 42.9 Å². The minimum Gasteiger partial charge on any atom is -0.504 e. The lowest BCUT2D eigenvalue weighted by Crippen LogP contribution is -2.70. The number of carbonyl (C=O) groups is 5. The van der Waals surface area contributed by atoms with Gasteiger partial charge in [-0.1, -0.05) is 18.6 Å². The number of fused-ring (bicyclic) bond motifs is 5. The quantitative estimate of drug-likeness (QED) is 0.0333. The monoisotopic (exact) mass is 838 g/mol. The maximum atomic E-state index is 17.7. The van der Waals surface area contributed by atoms with Crippen LogP contribution >= 0.6 is 0 Å². The number of Topliss-reactive ketones (excluding diaryl/α,β-unsaturated/α-hetero) is 1. The molecule has 0 aromatic heterocycles. The van der Waals surface area contributed by atoms with E-state index in [0.717, 1.165) is 12.1 Å². The number of ether oxygens (including phenoxy) is 4. The van der Waals surface area contributed by atoms with Crippen LogP contribution < -0.4 is 4.74 Å². The van der Waals surface area contributed by atoms with E-state index in [1.807, 2.05) is 0 Å². The third kappa shape index (κ3) is 8.22. The highest BCUT2D eigenvalue weighted by molar-refractivity contribution is 6.01. The van der Waals surface area contributed by atoms with E-state index >= 15 is 4.39 Å². The van der Waals surface area contributed by atoms with Gasteiger partial charge in [-0.15, -0.1) is 20.2 Å². The van der Waals surface area contributed by atoms with Gasteiger partial charge in [0.15, 0.2) is 29.6 Å². The lowest BCUT2D eigenvalue weighted by Gasteiger charge is -2.62. The zero-order chi connectivity index (χ0) is 43.5. The molecule has 4 aliphatic carbocycles. The summed E-state index contributed by atoms with van der Waals surface area (Å²) in [4.78, 5) is 94.7. The number of unbranched alkanes of at least 4 members (excludes halogenated alkanes) is 1. The second kappa shape index (κ2) is 17.1. The van der Waals surface area contributed by atoms with E-state index in [1.165, 1.54) is 25.2 Å². The van der Waals surface area contributed by atoms with Crippen molar-refractivity contribution in [1.82, 2.24) is 0 Å². The van der Waals surface area contributed by atoms with Crippen molar-refractivity contribution >= 4 is 29.7 Å². The second-order valence-corrected chi connectivity index (χ2v) is 15.2. The molecule has 21 nitrogen and oxygen atoms in total. The van der Waals surface area contributed by atoms with Crippen LogP contribution in [0.2, 0.25) is 0 Å². The number of aromatic hydroxyl groups is 2. The number of allylic oxidation sites excluding steroid dienone is 4. The number of hydrogen-bond acceptors (Lipinski definition) is 19. The molecule has 0 spiro atoms. The van der Waals surface area contributed by atoms with Crippen molar-refractivity contribution in [2.45, 2.75) is 88.7 Å². The number of phenols is 2. The maximum Gasteiger partial charge on any atom is 0.514 e. The standard InChI is InChI=1S/C37H43FN2O19/c1-34-10-9-22(41)16-21(34)7-8-23-24-17-27(43)37(35(24,2)18-28(44)36(23,34)38,59-30(46)6-5-13-57-40(52)53)29(45)19-55-33(49)58-26-15-20(14-25(42)31(26)47)32(48)54-11-3-4-12-56-39(50)51/h9-10,14-16,23-24,27-28,42-44,47H,3-8,11-13,17-19H2,1-2H3/t23?,24?,27-,28+,34+,35+,36+,37+/m1/s1. The molecular formula is C37H43FN2O19. The lowest BCUT2D eigenvalue weighted by molar-refractivity contribution is -0.757. The molecule has 4 N–H and O–H groups in total. The fourth-order valence-corrected chi connectivity index (χ4v) is 9.27. The first-order valence-electron chi connectivity index (χ1n) is 18.6. The molecule has 0 saturated heterocycles. The molecule has 1 aromatic carbocycles. The van der Waals surface area contributed by atoms with Gasteiger partial charge < -0.3 is 49.0 Å². The first-order valence-corrected chi connectivity index (χ1v) is 18.6. The zero-order valence-corrected chi connectivity index (χ0v) is 31.9. The number of phenolic OH excluding ortho intramolecular Hbond substituents is 2. The van der Waals surface area contributed by atoms with Crippen LogP contribution in [0.5, 0.6) is 17.2 Å². The van der Waals surface area contributed by atoms with E-state index in [9.17, 15) is 64.6 Å². The van der Waals surface area contributed by atoms with Crippen LogP contribution in [-0.2, 0) is 38.3 Å². The number of aliphatic hydroxyl groups excluding tert-OH is 2. The molecular weight excluding hydrogens is 795 g/mol. The Kier molecular flexibility index (Phi) is 12.8. The van der Waals surface area contributed by atoms with Crippen LogP contribution in [0.4, 0.5) is 9.18 Å². The molecule has 322 valence electrons. The number of aliphatic hydroxyl groups is 2. The summed E-state index contributed by atoms with van der Waals surface area (Å²) in [7, 11) is 0. The molecule has 22 heteroatoms. The molecule has 0 aliphatic heterocycles. The summed E-state index contributed by atoms with van der Waals surface area (Å²) in [6, 6.07) is 1.58. The van der Waals surface area contributed by atoms with Crippen LogP contribution in [-0.4, -0.2) is 110 Å². The first-order chi connectivity index (χ1) is 27.7. The number of nitrogens with zero attached hydrogens (tertiary/aromatic N) is 2. The average molecular weight is 839 g/mol. The van der Waals surface area contributed by atoms with Gasteiger partial charge in [-0.25, -0.2) is 14.0 Å². The van der Waals surface area contributed by atoms with Crippen LogP contribution in [0.1, 0.15) is 75.6 Å². The molecule has 5 rings (SSSR count). The Balaban J connectivity index is 1.36. The van der Waals surface area contributed by atoms with Crippen LogP contribution in [0.3, 0.4) is 0 Å². The Labute approximate surface area is 333 Å². The van der Waals surface area contributed by atoms with Crippen molar-refractivity contribution in [3.05, 3.63) is 61.7 Å². The highest BCUT2D eigenvalue weighted by atomic mass is 19.1. The second-order valence-electron chi connectivity index (χ2n) is 15.2. The van der Waals surface area contributed by atoms with Crippen molar-refractivity contribution in [3.8, 4) is 17.2 Å². The van der Waals surface area contributed by atoms with Crippen molar-refractivity contribution < 1.29 is 87.6 Å². The zero-order valence-electron chi connectivity index (χ0n) is 31.9. The minimum absolute atomic E-state index is 0.0736. The third-order valence-electron chi connectivity index (χ3n) is 12.0. The van der Waals surface area contributed by atoms with E-state index in [-0.39, 0.29) is 57.5 Å². The third-order valence-corrected chi connectivity index (χ3v) is 12.0. The van der Waals surface area contributed by atoms with Gasteiger partial charge in [-0.3, -0.25) is 14.4 Å². The Hall–Kier alpha value is -5.90. The summed E-state index contributed by atoms with van der Waals surface area (Å²) in [6.45, 7) is 0.687. The first kappa shape index (κ1) is 44.2. The highest BCUT2D eigenvalue weighted by Crippen LogP contribution is 2.70. The van der Waals surface area contributed by atoms with Gasteiger partial charge in [0.2, 0.25) is 17.1 Å². The Morgan fingerprint density at radius 1 is 0.932 bits per heavy atom. The van der Waals surface area contributed by atoms with E-state index < -0.39 is 129 Å². The Morgan fingerprint density at radius 2 is 1.59 bits per heavy atom. The van der Waals surface area contributed by atoms with Crippen molar-refractivity contribution in [1.29, 1.82) is 0 Å². The molecule has 0 amide bonds. The summed E-state index contributed by atoms with van der Waals surface area (Å²) in [6.07, 6.45) is -2.58. The summed E-state index contributed by atoms with van der Waals surface area (Å²) >= 11 is 0. The predicted molar refractivity (Wildman–Crippen MR) is 190 cm³/mol. The van der Waals surface area contributed by atoms with Crippen LogP contribution in [0.25, 0.3) is 0 Å². The van der Waals surface area contributed by atoms with Gasteiger partial charge in [0.25, 0.3) is 10.2 Å². The highest BCUT2D eigenvalue weighted by Gasteiger charge is 2.78. The van der Waals surface area contributed by atoms with E-state index in [1.54, 1.807) is 6.92 Å². The van der Waals surface area contributed by atoms with E-state index in [0.29, 0.717) is 5.57 Å². The average Bonchev–Trinajstić information content (AvgIpc) is 3.38. The number of carbonyl (C=O) groups excluding carboxylic acids is 5. The largest absolute Gasteiger partial charge is 0.514 e. The smallest absolute Gasteiger partial charge is 0.504 e. The van der Waals surface area contributed by atoms with Gasteiger partial charge in [0, 0.05) is 23.2 Å². The van der Waals surface area contributed by atoms with Gasteiger partial charge in [0.05, 0.1) is 31.5 Å². The van der Waals surface area contributed by atoms with Crippen LogP contribution in [0.15, 0.2) is 35.9 Å². The number of esters is 2. The minimum atomic E-state index is -2.60. The fourth-order valence-electron chi connectivity index (χ4n) is 9.27. The summed E-state index contributed by atoms with van der Waals surface area (Å²) in [5.41, 5.74) is -8.15. The van der Waals surface area contributed by atoms with Gasteiger partial charge in [-0.2, -0.15) is 0 Å². The molecule has 0 bridgehead atoms. The lowest BCUT2D eigenvalue weighted by atomic mass is 9.44. The van der Waals surface area contributed by atoms with Crippen molar-refractivity contribution in [3.63, 3.8) is 0 Å². The Bertz CT molecular complexity index is 1950. The fraction of sp³-hybridized carbons (Fsp3) is 0.595. The molecule has 0 heterocycles. The predicted octanol–water partition coefficient (Wildman–Crippen LogP) is 2.94. The summed E-state index contributed by atoms with van der Waals surface area (Å²) in [5.74, 6) is -8.57. The molecule has 2 unspecified atom stereocenters. The Morgan fingerprint density at radius 3 is 2.27 bits per heavy atom. The molecule has 3 fully saturated rings. The van der Waals surface area contributed by atoms with E-state index in [2.05, 4.69) is 9.68 Å². The molecule has 59 heavy (non-hydrogen) atoms. The van der Waals surface area contributed by atoms with Crippen molar-refractivity contribution in [2.75, 3.05) is 26.4 Å². The normalized spacial score (nSPS) is 30.4. The molecule has 8 atom stereocenters. The molecule has 1 aromatic rings. The topological polar surface area (TPSA) is 308 Å². The summed E-state index contributed by atoms with van der Waals surface area (Å²) < 4.78 is 38.5. The van der Waals surface area contributed by atoms with Gasteiger partial charge in [0.1, 0.15) is 6.10 Å². The molecule has 4 aliphatic rings. The summed E-state index contributed by atoms with van der Waals surface area (Å²) in [5, 5.41) is 62.8. The van der Waals surface area contributed by atoms with E-state index in [4.69, 9.17) is 18.9 Å².